The number of benzene rings is 3. The van der Waals surface area contributed by atoms with Crippen molar-refractivity contribution in [1.82, 2.24) is 0 Å². The van der Waals surface area contributed by atoms with Crippen LogP contribution in [0.25, 0.3) is 0 Å². The molecule has 0 radical (unpaired) electrons. The SMILES string of the molecule is COc1ccc(Cl)cc1C=Nc1ccc([C@@H]2Nc3ccc(C)cc3[C@H]3C=CC[C@H]32)cc1. The van der Waals surface area contributed by atoms with Crippen LogP contribution in [0, 0.1) is 12.8 Å². The largest absolute Gasteiger partial charge is 0.496 e. The second kappa shape index (κ2) is 8.24. The van der Waals surface area contributed by atoms with Crippen molar-refractivity contribution in [1.29, 1.82) is 0 Å². The lowest BCUT2D eigenvalue weighted by molar-refractivity contribution is 0.414. The molecule has 4 heteroatoms. The molecule has 3 nitrogen and oxygen atoms in total. The minimum absolute atomic E-state index is 0.293. The number of hydrogen-bond donors (Lipinski definition) is 1. The van der Waals surface area contributed by atoms with E-state index >= 15 is 0 Å². The molecule has 3 aromatic rings. The predicted molar refractivity (Wildman–Crippen MR) is 129 cm³/mol. The molecule has 5 rings (SSSR count). The Labute approximate surface area is 188 Å². The first-order valence-corrected chi connectivity index (χ1v) is 11.0. The van der Waals surface area contributed by atoms with Crippen molar-refractivity contribution in [3.8, 4) is 5.75 Å². The summed E-state index contributed by atoms with van der Waals surface area (Å²) in [6.45, 7) is 2.16. The van der Waals surface area contributed by atoms with Crippen LogP contribution in [0.15, 0.2) is 77.8 Å². The number of halogens is 1. The molecular formula is C27H25ClN2O. The van der Waals surface area contributed by atoms with Crippen LogP contribution in [0.5, 0.6) is 5.75 Å². The minimum Gasteiger partial charge on any atom is -0.496 e. The fourth-order valence-electron chi connectivity index (χ4n) is 4.76. The number of hydrogen-bond acceptors (Lipinski definition) is 3. The highest BCUT2D eigenvalue weighted by Gasteiger charge is 2.37. The first-order chi connectivity index (χ1) is 15.1. The normalized spacial score (nSPS) is 21.6. The molecule has 0 saturated carbocycles. The Balaban J connectivity index is 1.39. The summed E-state index contributed by atoms with van der Waals surface area (Å²) in [5.41, 5.74) is 7.05. The van der Waals surface area contributed by atoms with Crippen molar-refractivity contribution in [3.05, 3.63) is 100 Å². The zero-order chi connectivity index (χ0) is 21.4. The first-order valence-electron chi connectivity index (χ1n) is 10.6. The third-order valence-electron chi connectivity index (χ3n) is 6.31. The van der Waals surface area contributed by atoms with Gasteiger partial charge in [-0.1, -0.05) is 53.6 Å². The van der Waals surface area contributed by atoms with Crippen molar-refractivity contribution in [3.63, 3.8) is 0 Å². The summed E-state index contributed by atoms with van der Waals surface area (Å²) in [5.74, 6) is 1.78. The van der Waals surface area contributed by atoms with E-state index in [1.54, 1.807) is 13.3 Å². The standard InChI is InChI=1S/C27H25ClN2O/c1-17-6-12-25-24(14-17)22-4-3-5-23(22)27(30-25)18-7-10-21(11-8-18)29-16-19-15-20(28)9-13-26(19)31-2/h3-4,6-16,22-23,27,30H,5H2,1-2H3/t22-,23+,27-/m0/s1. The molecule has 1 N–H and O–H groups in total. The van der Waals surface area contributed by atoms with E-state index in [2.05, 4.69) is 71.8 Å². The molecule has 3 aromatic carbocycles. The topological polar surface area (TPSA) is 33.6 Å². The Morgan fingerprint density at radius 1 is 1.06 bits per heavy atom. The summed E-state index contributed by atoms with van der Waals surface area (Å²) in [6, 6.07) is 21.1. The van der Waals surface area contributed by atoms with Crippen LogP contribution in [-0.2, 0) is 0 Å². The molecule has 31 heavy (non-hydrogen) atoms. The average molecular weight is 429 g/mol. The van der Waals surface area contributed by atoms with Crippen molar-refractivity contribution in [2.24, 2.45) is 10.9 Å². The molecule has 0 aromatic heterocycles. The van der Waals surface area contributed by atoms with Gasteiger partial charge in [0.1, 0.15) is 5.75 Å². The molecule has 0 spiro atoms. The zero-order valence-corrected chi connectivity index (χ0v) is 18.4. The molecule has 2 aliphatic rings. The van der Waals surface area contributed by atoms with Gasteiger partial charge in [-0.3, -0.25) is 4.99 Å². The van der Waals surface area contributed by atoms with Crippen molar-refractivity contribution in [2.45, 2.75) is 25.3 Å². The summed E-state index contributed by atoms with van der Waals surface area (Å²) in [6.07, 6.45) is 7.62. The van der Waals surface area contributed by atoms with Crippen LogP contribution in [0.2, 0.25) is 5.02 Å². The molecule has 0 unspecified atom stereocenters. The number of methoxy groups -OCH3 is 1. The van der Waals surface area contributed by atoms with Gasteiger partial charge >= 0.3 is 0 Å². The third-order valence-corrected chi connectivity index (χ3v) is 6.55. The Morgan fingerprint density at radius 2 is 1.90 bits per heavy atom. The predicted octanol–water partition coefficient (Wildman–Crippen LogP) is 7.23. The molecule has 1 aliphatic heterocycles. The fraction of sp³-hybridized carbons (Fsp3) is 0.222. The highest BCUT2D eigenvalue weighted by atomic mass is 35.5. The molecule has 0 fully saturated rings. The number of nitrogens with one attached hydrogen (secondary N) is 1. The van der Waals surface area contributed by atoms with Crippen LogP contribution in [0.3, 0.4) is 0 Å². The van der Waals surface area contributed by atoms with E-state index in [-0.39, 0.29) is 0 Å². The highest BCUT2D eigenvalue weighted by molar-refractivity contribution is 6.30. The highest BCUT2D eigenvalue weighted by Crippen LogP contribution is 2.50. The number of ether oxygens (including phenoxy) is 1. The van der Waals surface area contributed by atoms with E-state index in [1.165, 1.54) is 22.4 Å². The van der Waals surface area contributed by atoms with Crippen LogP contribution < -0.4 is 10.1 Å². The molecule has 1 heterocycles. The summed E-state index contributed by atoms with van der Waals surface area (Å²) >= 11 is 6.12. The lowest BCUT2D eigenvalue weighted by atomic mass is 9.76. The molecule has 3 atom stereocenters. The Hall–Kier alpha value is -3.04. The van der Waals surface area contributed by atoms with Gasteiger partial charge in [0.05, 0.1) is 18.8 Å². The lowest BCUT2D eigenvalue weighted by Crippen LogP contribution is -2.29. The maximum Gasteiger partial charge on any atom is 0.127 e. The number of aliphatic imine (C=N–C) groups is 1. The second-order valence-corrected chi connectivity index (χ2v) is 8.74. The van der Waals surface area contributed by atoms with Crippen LogP contribution in [0.4, 0.5) is 11.4 Å². The second-order valence-electron chi connectivity index (χ2n) is 8.30. The third kappa shape index (κ3) is 3.86. The molecule has 1 aliphatic carbocycles. The van der Waals surface area contributed by atoms with E-state index in [0.717, 1.165) is 23.4 Å². The van der Waals surface area contributed by atoms with E-state index in [1.807, 2.05) is 18.2 Å². The van der Waals surface area contributed by atoms with E-state index in [0.29, 0.717) is 22.9 Å². The molecule has 0 saturated heterocycles. The zero-order valence-electron chi connectivity index (χ0n) is 17.7. The Morgan fingerprint density at radius 3 is 2.71 bits per heavy atom. The van der Waals surface area contributed by atoms with E-state index < -0.39 is 0 Å². The van der Waals surface area contributed by atoms with Gasteiger partial charge in [-0.2, -0.15) is 0 Å². The van der Waals surface area contributed by atoms with Crippen LogP contribution in [0.1, 0.15) is 40.6 Å². The fourth-order valence-corrected chi connectivity index (χ4v) is 4.94. The van der Waals surface area contributed by atoms with Gasteiger partial charge in [-0.15, -0.1) is 0 Å². The average Bonchev–Trinajstić information content (AvgIpc) is 3.28. The van der Waals surface area contributed by atoms with Crippen LogP contribution >= 0.6 is 11.6 Å². The van der Waals surface area contributed by atoms with E-state index in [4.69, 9.17) is 16.3 Å². The summed E-state index contributed by atoms with van der Waals surface area (Å²) in [4.78, 5) is 4.63. The molecule has 156 valence electrons. The number of allylic oxidation sites excluding steroid dienone is 2. The number of nitrogens with zero attached hydrogens (tertiary/aromatic N) is 1. The van der Waals surface area contributed by atoms with Crippen molar-refractivity contribution in [2.75, 3.05) is 12.4 Å². The lowest BCUT2D eigenvalue weighted by Gasteiger charge is -2.37. The summed E-state index contributed by atoms with van der Waals surface area (Å²) in [7, 11) is 1.65. The monoisotopic (exact) mass is 428 g/mol. The number of anilines is 1. The molecule has 0 amide bonds. The maximum absolute atomic E-state index is 6.12. The Bertz CT molecular complexity index is 1170. The molecular weight excluding hydrogens is 404 g/mol. The minimum atomic E-state index is 0.293. The van der Waals surface area contributed by atoms with Gasteiger partial charge < -0.3 is 10.1 Å². The molecule has 0 bridgehead atoms. The van der Waals surface area contributed by atoms with Gasteiger partial charge in [-0.25, -0.2) is 0 Å². The van der Waals surface area contributed by atoms with E-state index in [9.17, 15) is 0 Å². The smallest absolute Gasteiger partial charge is 0.127 e. The summed E-state index contributed by atoms with van der Waals surface area (Å²) < 4.78 is 5.40. The number of fused-ring (bicyclic) bond motifs is 3. The van der Waals surface area contributed by atoms with Crippen molar-refractivity contribution >= 4 is 29.2 Å². The Kier molecular flexibility index (Phi) is 5.29. The van der Waals surface area contributed by atoms with Gasteiger partial charge in [0.15, 0.2) is 0 Å². The van der Waals surface area contributed by atoms with Gasteiger partial charge in [0.25, 0.3) is 0 Å². The van der Waals surface area contributed by atoms with Gasteiger partial charge in [0.2, 0.25) is 0 Å². The van der Waals surface area contributed by atoms with Crippen LogP contribution in [-0.4, -0.2) is 13.3 Å². The van der Waals surface area contributed by atoms with Crippen molar-refractivity contribution < 1.29 is 4.74 Å². The number of aryl methyl sites for hydroxylation is 1. The number of rotatable bonds is 4. The maximum atomic E-state index is 6.12. The summed E-state index contributed by atoms with van der Waals surface area (Å²) in [5, 5.41) is 4.46. The quantitative estimate of drug-likeness (QED) is 0.351. The van der Waals surface area contributed by atoms with Gasteiger partial charge in [-0.05, 0) is 66.8 Å². The van der Waals surface area contributed by atoms with Gasteiger partial charge in [0, 0.05) is 28.4 Å². The first kappa shape index (κ1) is 19.9.